The fraction of sp³-hybridized carbons (Fsp3) is 0.844. The first-order valence-corrected chi connectivity index (χ1v) is 21.8. The van der Waals surface area contributed by atoms with Gasteiger partial charge < -0.3 is 14.2 Å². The van der Waals surface area contributed by atoms with E-state index in [-0.39, 0.29) is 31.1 Å². The first-order chi connectivity index (χ1) is 25.0. The molecule has 298 valence electrons. The summed E-state index contributed by atoms with van der Waals surface area (Å²) in [5.74, 6) is -0.899. The molecule has 0 radical (unpaired) electrons. The average Bonchev–Trinajstić information content (AvgIpc) is 3.13. The van der Waals surface area contributed by atoms with E-state index >= 15 is 0 Å². The van der Waals surface area contributed by atoms with Crippen LogP contribution in [0.3, 0.4) is 0 Å². The zero-order chi connectivity index (χ0) is 37.3. The summed E-state index contributed by atoms with van der Waals surface area (Å²) in [6.07, 6.45) is 43.3. The molecule has 6 heteroatoms. The molecule has 0 aliphatic heterocycles. The third kappa shape index (κ3) is 38.9. The highest BCUT2D eigenvalue weighted by Crippen LogP contribution is 2.14. The van der Waals surface area contributed by atoms with Crippen molar-refractivity contribution >= 4 is 17.9 Å². The zero-order valence-electron chi connectivity index (χ0n) is 33.9. The van der Waals surface area contributed by atoms with Crippen molar-refractivity contribution in [1.82, 2.24) is 0 Å². The van der Waals surface area contributed by atoms with Crippen LogP contribution in [0.5, 0.6) is 0 Å². The van der Waals surface area contributed by atoms with Gasteiger partial charge in [0.15, 0.2) is 6.10 Å². The first-order valence-electron chi connectivity index (χ1n) is 21.8. The highest BCUT2D eigenvalue weighted by Gasteiger charge is 2.19. The number of unbranched alkanes of at least 4 members (excludes halogenated alkanes) is 24. The van der Waals surface area contributed by atoms with Gasteiger partial charge in [0, 0.05) is 19.3 Å². The molecule has 51 heavy (non-hydrogen) atoms. The highest BCUT2D eigenvalue weighted by atomic mass is 16.6. The van der Waals surface area contributed by atoms with Gasteiger partial charge >= 0.3 is 17.9 Å². The summed E-state index contributed by atoms with van der Waals surface area (Å²) in [7, 11) is 0. The second-order valence-corrected chi connectivity index (χ2v) is 14.6. The number of carbonyl (C=O) groups is 3. The zero-order valence-corrected chi connectivity index (χ0v) is 33.9. The Hall–Kier alpha value is -2.11. The number of hydrogen-bond donors (Lipinski definition) is 0. The molecule has 0 aromatic heterocycles. The minimum atomic E-state index is -0.768. The summed E-state index contributed by atoms with van der Waals surface area (Å²) >= 11 is 0. The molecule has 0 rings (SSSR count). The maximum atomic E-state index is 12.6. The van der Waals surface area contributed by atoms with Crippen molar-refractivity contribution in [3.05, 3.63) is 24.3 Å². The van der Waals surface area contributed by atoms with Gasteiger partial charge in [-0.1, -0.05) is 167 Å². The third-order valence-electron chi connectivity index (χ3n) is 9.41. The van der Waals surface area contributed by atoms with Gasteiger partial charge in [-0.25, -0.2) is 0 Å². The molecule has 0 aromatic carbocycles. The molecule has 0 fully saturated rings. The van der Waals surface area contributed by atoms with E-state index in [1.54, 1.807) is 0 Å². The molecule has 6 nitrogen and oxygen atoms in total. The van der Waals surface area contributed by atoms with Crippen LogP contribution in [0.15, 0.2) is 24.3 Å². The minimum Gasteiger partial charge on any atom is -0.462 e. The lowest BCUT2D eigenvalue weighted by Crippen LogP contribution is -2.30. The average molecular weight is 719 g/mol. The summed E-state index contributed by atoms with van der Waals surface area (Å²) < 4.78 is 16.6. The summed E-state index contributed by atoms with van der Waals surface area (Å²) in [6.45, 7) is 6.49. The third-order valence-corrected chi connectivity index (χ3v) is 9.41. The standard InChI is InChI=1S/C45H82O6/c1-4-7-10-13-16-18-20-21-22-23-24-25-26-28-29-32-35-38-44(47)50-41-42(40-49-43(46)37-34-31-15-12-9-6-3)51-45(48)39-36-33-30-27-19-17-14-11-8-5-2/h11,14,21-22,42H,4-10,12-13,15-20,23-41H2,1-3H3/b14-11-,22-21-. The van der Waals surface area contributed by atoms with Crippen LogP contribution >= 0.6 is 0 Å². The van der Waals surface area contributed by atoms with Gasteiger partial charge in [0.05, 0.1) is 0 Å². The molecule has 1 atom stereocenters. The van der Waals surface area contributed by atoms with E-state index in [4.69, 9.17) is 14.2 Å². The van der Waals surface area contributed by atoms with E-state index in [2.05, 4.69) is 45.1 Å². The lowest BCUT2D eigenvalue weighted by atomic mass is 10.1. The molecule has 0 heterocycles. The SMILES string of the molecule is CCC/C=C\CCCCCCCC(=O)OC(COC(=O)CCCCCCCC)COC(=O)CCCCCCCCC/C=C\CCCCCCCC. The maximum Gasteiger partial charge on any atom is 0.306 e. The van der Waals surface area contributed by atoms with Gasteiger partial charge in [0.25, 0.3) is 0 Å². The molecule has 0 saturated heterocycles. The Bertz CT molecular complexity index is 835. The lowest BCUT2D eigenvalue weighted by molar-refractivity contribution is -0.167. The predicted molar refractivity (Wildman–Crippen MR) is 215 cm³/mol. The van der Waals surface area contributed by atoms with Crippen molar-refractivity contribution in [1.29, 1.82) is 0 Å². The van der Waals surface area contributed by atoms with Crippen molar-refractivity contribution in [3.63, 3.8) is 0 Å². The Morgan fingerprint density at radius 3 is 1.06 bits per heavy atom. The van der Waals surface area contributed by atoms with Crippen LogP contribution < -0.4 is 0 Å². The number of hydrogen-bond acceptors (Lipinski definition) is 6. The summed E-state index contributed by atoms with van der Waals surface area (Å²) in [6, 6.07) is 0. The lowest BCUT2D eigenvalue weighted by Gasteiger charge is -2.18. The quantitative estimate of drug-likeness (QED) is 0.0272. The molecule has 0 aromatic rings. The van der Waals surface area contributed by atoms with E-state index in [0.29, 0.717) is 19.3 Å². The summed E-state index contributed by atoms with van der Waals surface area (Å²) in [4.78, 5) is 37.4. The van der Waals surface area contributed by atoms with Crippen LogP contribution in [0.2, 0.25) is 0 Å². The predicted octanol–water partition coefficient (Wildman–Crippen LogP) is 13.6. The molecule has 0 bridgehead atoms. The van der Waals surface area contributed by atoms with Gasteiger partial charge in [0.1, 0.15) is 13.2 Å². The second kappa shape index (κ2) is 40.7. The van der Waals surface area contributed by atoms with E-state index in [1.807, 2.05) is 0 Å². The monoisotopic (exact) mass is 719 g/mol. The number of esters is 3. The minimum absolute atomic E-state index is 0.0752. The molecular weight excluding hydrogens is 636 g/mol. The first kappa shape index (κ1) is 48.9. The molecule has 0 aliphatic carbocycles. The number of ether oxygens (including phenoxy) is 3. The normalized spacial score (nSPS) is 12.1. The maximum absolute atomic E-state index is 12.6. The fourth-order valence-electron chi connectivity index (χ4n) is 6.08. The van der Waals surface area contributed by atoms with Gasteiger partial charge in [0.2, 0.25) is 0 Å². The molecular formula is C45H82O6. The van der Waals surface area contributed by atoms with E-state index in [0.717, 1.165) is 77.0 Å². The van der Waals surface area contributed by atoms with Crippen LogP contribution in [0, 0.1) is 0 Å². The summed E-state index contributed by atoms with van der Waals surface area (Å²) in [5.41, 5.74) is 0. The smallest absolute Gasteiger partial charge is 0.306 e. The molecule has 0 amide bonds. The van der Waals surface area contributed by atoms with Crippen LogP contribution in [-0.2, 0) is 28.6 Å². The Balaban J connectivity index is 4.22. The Labute approximate surface area is 315 Å². The molecule has 0 spiro atoms. The van der Waals surface area contributed by atoms with Crippen LogP contribution in [0.4, 0.5) is 0 Å². The Morgan fingerprint density at radius 2 is 0.686 bits per heavy atom. The molecule has 0 aliphatic rings. The van der Waals surface area contributed by atoms with E-state index < -0.39 is 6.10 Å². The van der Waals surface area contributed by atoms with E-state index in [9.17, 15) is 14.4 Å². The Morgan fingerprint density at radius 1 is 0.373 bits per heavy atom. The largest absolute Gasteiger partial charge is 0.462 e. The second-order valence-electron chi connectivity index (χ2n) is 14.6. The highest BCUT2D eigenvalue weighted by molar-refractivity contribution is 5.71. The summed E-state index contributed by atoms with van der Waals surface area (Å²) in [5, 5.41) is 0. The molecule has 0 saturated carbocycles. The van der Waals surface area contributed by atoms with E-state index in [1.165, 1.54) is 109 Å². The van der Waals surface area contributed by atoms with Crippen molar-refractivity contribution in [2.45, 2.75) is 232 Å². The number of rotatable bonds is 39. The van der Waals surface area contributed by atoms with Crippen molar-refractivity contribution in [2.75, 3.05) is 13.2 Å². The van der Waals surface area contributed by atoms with Crippen molar-refractivity contribution in [3.8, 4) is 0 Å². The van der Waals surface area contributed by atoms with Crippen molar-refractivity contribution < 1.29 is 28.6 Å². The fourth-order valence-corrected chi connectivity index (χ4v) is 6.08. The number of carbonyl (C=O) groups excluding carboxylic acids is 3. The van der Waals surface area contributed by atoms with Gasteiger partial charge in [-0.2, -0.15) is 0 Å². The van der Waals surface area contributed by atoms with Gasteiger partial charge in [-0.05, 0) is 64.2 Å². The topological polar surface area (TPSA) is 78.9 Å². The van der Waals surface area contributed by atoms with Gasteiger partial charge in [-0.3, -0.25) is 14.4 Å². The van der Waals surface area contributed by atoms with Crippen LogP contribution in [-0.4, -0.2) is 37.2 Å². The molecule has 1 unspecified atom stereocenters. The van der Waals surface area contributed by atoms with Gasteiger partial charge in [-0.15, -0.1) is 0 Å². The number of allylic oxidation sites excluding steroid dienone is 4. The molecule has 0 N–H and O–H groups in total. The van der Waals surface area contributed by atoms with Crippen LogP contribution in [0.1, 0.15) is 226 Å². The Kier molecular flexibility index (Phi) is 39.0. The van der Waals surface area contributed by atoms with Crippen molar-refractivity contribution in [2.24, 2.45) is 0 Å². The van der Waals surface area contributed by atoms with Crippen LogP contribution in [0.25, 0.3) is 0 Å².